The topological polar surface area (TPSA) is 38.8 Å². The summed E-state index contributed by atoms with van der Waals surface area (Å²) in [6.07, 6.45) is 1.87. The van der Waals surface area contributed by atoms with Crippen molar-refractivity contribution in [3.63, 3.8) is 0 Å². The van der Waals surface area contributed by atoms with Crippen molar-refractivity contribution in [2.24, 2.45) is 0 Å². The van der Waals surface area contributed by atoms with E-state index in [-0.39, 0.29) is 12.1 Å². The van der Waals surface area contributed by atoms with Gasteiger partial charge in [-0.3, -0.25) is 9.69 Å². The van der Waals surface area contributed by atoms with Crippen LogP contribution in [0, 0.1) is 0 Å². The van der Waals surface area contributed by atoms with Crippen LogP contribution in [0.2, 0.25) is 0 Å². The number of hydrogen-bond donors (Lipinski definition) is 0. The second kappa shape index (κ2) is 5.72. The molecule has 1 unspecified atom stereocenters. The van der Waals surface area contributed by atoms with E-state index in [1.54, 1.807) is 0 Å². The smallest absolute Gasteiger partial charge is 0.320 e. The molecule has 3 rings (SSSR count). The molecule has 0 bridgehead atoms. The van der Waals surface area contributed by atoms with Crippen LogP contribution in [0.1, 0.15) is 23.7 Å². The van der Waals surface area contributed by atoms with Gasteiger partial charge in [0.15, 0.2) is 0 Å². The van der Waals surface area contributed by atoms with Crippen LogP contribution < -0.4 is 0 Å². The number of fused-ring (bicyclic) bond motifs is 1. The normalized spacial score (nSPS) is 23.1. The summed E-state index contributed by atoms with van der Waals surface area (Å²) in [7, 11) is 0. The maximum absolute atomic E-state index is 12.0. The van der Waals surface area contributed by atoms with Gasteiger partial charge in [0.2, 0.25) is 0 Å². The zero-order valence-electron chi connectivity index (χ0n) is 11.0. The van der Waals surface area contributed by atoms with E-state index in [1.165, 1.54) is 11.1 Å². The van der Waals surface area contributed by atoms with Gasteiger partial charge in [0.05, 0.1) is 19.8 Å². The average molecular weight is 261 g/mol. The molecule has 1 heterocycles. The number of ether oxygens (including phenoxy) is 2. The third kappa shape index (κ3) is 2.96. The van der Waals surface area contributed by atoms with Crippen molar-refractivity contribution >= 4 is 5.97 Å². The van der Waals surface area contributed by atoms with Gasteiger partial charge < -0.3 is 9.47 Å². The van der Waals surface area contributed by atoms with Gasteiger partial charge >= 0.3 is 5.97 Å². The second-order valence-corrected chi connectivity index (χ2v) is 5.10. The van der Waals surface area contributed by atoms with E-state index in [0.29, 0.717) is 19.8 Å². The van der Waals surface area contributed by atoms with E-state index in [0.717, 1.165) is 25.9 Å². The number of carbonyl (C=O) groups excluding carboxylic acids is 1. The molecule has 1 aliphatic carbocycles. The van der Waals surface area contributed by atoms with Crippen molar-refractivity contribution in [3.8, 4) is 0 Å². The number of morpholine rings is 1. The van der Waals surface area contributed by atoms with Crippen LogP contribution in [0.3, 0.4) is 0 Å². The molecule has 0 amide bonds. The van der Waals surface area contributed by atoms with E-state index < -0.39 is 0 Å². The summed E-state index contributed by atoms with van der Waals surface area (Å²) >= 11 is 0. The van der Waals surface area contributed by atoms with Crippen molar-refractivity contribution in [3.05, 3.63) is 35.4 Å². The van der Waals surface area contributed by atoms with Crippen LogP contribution in [0.4, 0.5) is 0 Å². The maximum atomic E-state index is 12.0. The molecular formula is C15H19NO3. The molecule has 1 aromatic rings. The predicted octanol–water partition coefficient (Wildman–Crippen LogP) is 1.55. The minimum absolute atomic E-state index is 0.0512. The lowest BCUT2D eigenvalue weighted by molar-refractivity contribution is -0.151. The van der Waals surface area contributed by atoms with Crippen molar-refractivity contribution in [1.82, 2.24) is 4.90 Å². The Morgan fingerprint density at radius 1 is 1.32 bits per heavy atom. The Morgan fingerprint density at radius 2 is 2.11 bits per heavy atom. The van der Waals surface area contributed by atoms with Gasteiger partial charge in [0.1, 0.15) is 6.10 Å². The molecule has 2 aliphatic rings. The Balaban J connectivity index is 1.55. The quantitative estimate of drug-likeness (QED) is 0.774. The van der Waals surface area contributed by atoms with Crippen molar-refractivity contribution in [2.75, 3.05) is 32.8 Å². The zero-order valence-corrected chi connectivity index (χ0v) is 11.0. The van der Waals surface area contributed by atoms with Gasteiger partial charge in [0, 0.05) is 13.1 Å². The molecule has 0 N–H and O–H groups in total. The first-order valence-electron chi connectivity index (χ1n) is 6.90. The van der Waals surface area contributed by atoms with E-state index in [4.69, 9.17) is 9.47 Å². The Morgan fingerprint density at radius 3 is 2.95 bits per heavy atom. The molecule has 1 aliphatic heterocycles. The number of rotatable bonds is 3. The summed E-state index contributed by atoms with van der Waals surface area (Å²) in [6.45, 7) is 3.42. The van der Waals surface area contributed by atoms with Gasteiger partial charge in [-0.25, -0.2) is 0 Å². The lowest BCUT2D eigenvalue weighted by Crippen LogP contribution is -2.40. The van der Waals surface area contributed by atoms with Crippen molar-refractivity contribution in [1.29, 1.82) is 0 Å². The lowest BCUT2D eigenvalue weighted by atomic mass is 10.1. The predicted molar refractivity (Wildman–Crippen MR) is 70.9 cm³/mol. The standard InChI is InChI=1S/C15H19NO3/c17-15(11-16-7-9-18-10-8-16)19-14-6-5-12-3-1-2-4-13(12)14/h1-4,14H,5-11H2. The Hall–Kier alpha value is -1.39. The zero-order chi connectivity index (χ0) is 13.1. The molecule has 1 aromatic carbocycles. The first-order chi connectivity index (χ1) is 9.33. The fourth-order valence-electron chi connectivity index (χ4n) is 2.78. The van der Waals surface area contributed by atoms with Crippen LogP contribution in [0.15, 0.2) is 24.3 Å². The van der Waals surface area contributed by atoms with Gasteiger partial charge in [-0.05, 0) is 24.0 Å². The Labute approximate surface area is 113 Å². The number of benzene rings is 1. The van der Waals surface area contributed by atoms with Crippen LogP contribution in [0.25, 0.3) is 0 Å². The first-order valence-corrected chi connectivity index (χ1v) is 6.90. The number of hydrogen-bond acceptors (Lipinski definition) is 4. The fourth-order valence-corrected chi connectivity index (χ4v) is 2.78. The minimum Gasteiger partial charge on any atom is -0.457 e. The first kappa shape index (κ1) is 12.6. The molecule has 4 nitrogen and oxygen atoms in total. The molecule has 0 spiro atoms. The molecule has 1 saturated heterocycles. The lowest BCUT2D eigenvalue weighted by Gasteiger charge is -2.26. The highest BCUT2D eigenvalue weighted by atomic mass is 16.5. The molecule has 102 valence electrons. The number of aryl methyl sites for hydroxylation is 1. The van der Waals surface area contributed by atoms with Gasteiger partial charge in [0.25, 0.3) is 0 Å². The summed E-state index contributed by atoms with van der Waals surface area (Å²) in [5, 5.41) is 0. The molecule has 0 radical (unpaired) electrons. The summed E-state index contributed by atoms with van der Waals surface area (Å²) in [4.78, 5) is 14.1. The Kier molecular flexibility index (Phi) is 3.80. The van der Waals surface area contributed by atoms with E-state index in [2.05, 4.69) is 17.0 Å². The average Bonchev–Trinajstić information content (AvgIpc) is 2.83. The molecule has 1 fully saturated rings. The number of nitrogens with zero attached hydrogens (tertiary/aromatic N) is 1. The van der Waals surface area contributed by atoms with Crippen molar-refractivity contribution < 1.29 is 14.3 Å². The molecule has 19 heavy (non-hydrogen) atoms. The van der Waals surface area contributed by atoms with Crippen LogP contribution >= 0.6 is 0 Å². The monoisotopic (exact) mass is 261 g/mol. The van der Waals surface area contributed by atoms with Crippen LogP contribution in [-0.4, -0.2) is 43.7 Å². The van der Waals surface area contributed by atoms with Gasteiger partial charge in [-0.15, -0.1) is 0 Å². The molecular weight excluding hydrogens is 242 g/mol. The van der Waals surface area contributed by atoms with E-state index in [9.17, 15) is 4.79 Å². The van der Waals surface area contributed by atoms with Crippen molar-refractivity contribution in [2.45, 2.75) is 18.9 Å². The van der Waals surface area contributed by atoms with Gasteiger partial charge in [-0.1, -0.05) is 24.3 Å². The second-order valence-electron chi connectivity index (χ2n) is 5.10. The Bertz CT molecular complexity index is 454. The van der Waals surface area contributed by atoms with Crippen LogP contribution in [0.5, 0.6) is 0 Å². The SMILES string of the molecule is O=C(CN1CCOCC1)OC1CCc2ccccc21. The third-order valence-electron chi connectivity index (χ3n) is 3.81. The number of carbonyl (C=O) groups is 1. The minimum atomic E-state index is -0.122. The summed E-state index contributed by atoms with van der Waals surface area (Å²) < 4.78 is 10.9. The molecule has 0 aromatic heterocycles. The van der Waals surface area contributed by atoms with Gasteiger partial charge in [-0.2, -0.15) is 0 Å². The fraction of sp³-hybridized carbons (Fsp3) is 0.533. The highest BCUT2D eigenvalue weighted by molar-refractivity contribution is 5.72. The molecule has 0 saturated carbocycles. The highest BCUT2D eigenvalue weighted by Crippen LogP contribution is 2.33. The summed E-state index contributed by atoms with van der Waals surface area (Å²) in [5.74, 6) is -0.122. The summed E-state index contributed by atoms with van der Waals surface area (Å²) in [5.41, 5.74) is 2.49. The van der Waals surface area contributed by atoms with E-state index >= 15 is 0 Å². The maximum Gasteiger partial charge on any atom is 0.320 e. The van der Waals surface area contributed by atoms with E-state index in [1.807, 2.05) is 12.1 Å². The molecule has 1 atom stereocenters. The summed E-state index contributed by atoms with van der Waals surface area (Å²) in [6, 6.07) is 8.23. The molecule has 4 heteroatoms. The largest absolute Gasteiger partial charge is 0.457 e. The third-order valence-corrected chi connectivity index (χ3v) is 3.81. The van der Waals surface area contributed by atoms with Crippen LogP contribution in [-0.2, 0) is 20.7 Å². The highest BCUT2D eigenvalue weighted by Gasteiger charge is 2.26. The number of esters is 1.